The number of benzene rings is 1. The van der Waals surface area contributed by atoms with Crippen molar-refractivity contribution in [1.29, 1.82) is 0 Å². The maximum atomic E-state index is 13.9. The molecule has 188 valence electrons. The molecule has 0 saturated heterocycles. The molecule has 10 nitrogen and oxygen atoms in total. The Morgan fingerprint density at radius 2 is 1.97 bits per heavy atom. The maximum Gasteiger partial charge on any atom is 0.407 e. The third kappa shape index (κ3) is 7.56. The molecule has 3 rings (SSSR count). The van der Waals surface area contributed by atoms with Gasteiger partial charge < -0.3 is 24.8 Å². The van der Waals surface area contributed by atoms with E-state index in [2.05, 4.69) is 20.7 Å². The Balaban J connectivity index is 1.56. The maximum absolute atomic E-state index is 13.9. The number of hydrogen-bond donors (Lipinski definition) is 2. The Kier molecular flexibility index (Phi) is 8.45. The highest BCUT2D eigenvalue weighted by Gasteiger charge is 2.16. The van der Waals surface area contributed by atoms with Crippen LogP contribution in [0, 0.1) is 5.82 Å². The van der Waals surface area contributed by atoms with E-state index in [1.165, 1.54) is 22.8 Å². The van der Waals surface area contributed by atoms with Crippen molar-refractivity contribution in [3.8, 4) is 5.75 Å². The van der Waals surface area contributed by atoms with E-state index in [0.29, 0.717) is 35.7 Å². The van der Waals surface area contributed by atoms with E-state index >= 15 is 0 Å². The van der Waals surface area contributed by atoms with E-state index in [4.69, 9.17) is 14.2 Å². The minimum Gasteiger partial charge on any atom is -0.491 e. The lowest BCUT2D eigenvalue weighted by atomic mass is 10.1. The van der Waals surface area contributed by atoms with Crippen LogP contribution in [-0.4, -0.2) is 58.6 Å². The fourth-order valence-corrected chi connectivity index (χ4v) is 3.16. The zero-order valence-electron chi connectivity index (χ0n) is 20.3. The molecule has 0 unspecified atom stereocenters. The summed E-state index contributed by atoms with van der Waals surface area (Å²) in [6.45, 7) is 8.19. The SMILES string of the molecule is CCOC(=O)c1cnn2ccc(NCCc3cc(F)ccc3OCCNC(=O)OC(C)(C)C)nc12. The number of carbonyl (C=O) groups excluding carboxylic acids is 2. The topological polar surface area (TPSA) is 116 Å². The average molecular weight is 488 g/mol. The summed E-state index contributed by atoms with van der Waals surface area (Å²) in [5.41, 5.74) is 0.726. The number of nitrogens with one attached hydrogen (secondary N) is 2. The number of alkyl carbamates (subject to hydrolysis) is 1. The number of halogens is 1. The summed E-state index contributed by atoms with van der Waals surface area (Å²) in [4.78, 5) is 28.3. The molecule has 0 aliphatic rings. The molecule has 2 aromatic heterocycles. The lowest BCUT2D eigenvalue weighted by molar-refractivity contribution is 0.0513. The van der Waals surface area contributed by atoms with E-state index in [9.17, 15) is 14.0 Å². The van der Waals surface area contributed by atoms with Crippen LogP contribution in [0.15, 0.2) is 36.7 Å². The molecule has 2 heterocycles. The number of ether oxygens (including phenoxy) is 3. The highest BCUT2D eigenvalue weighted by Crippen LogP contribution is 2.21. The van der Waals surface area contributed by atoms with Crippen LogP contribution in [0.5, 0.6) is 5.75 Å². The molecule has 11 heteroatoms. The molecule has 0 atom stereocenters. The number of anilines is 1. The lowest BCUT2D eigenvalue weighted by Crippen LogP contribution is -2.34. The molecule has 35 heavy (non-hydrogen) atoms. The number of nitrogens with zero attached hydrogens (tertiary/aromatic N) is 3. The fourth-order valence-electron chi connectivity index (χ4n) is 3.16. The molecule has 0 fully saturated rings. The van der Waals surface area contributed by atoms with Crippen LogP contribution in [-0.2, 0) is 15.9 Å². The van der Waals surface area contributed by atoms with Gasteiger partial charge in [0.25, 0.3) is 0 Å². The van der Waals surface area contributed by atoms with Crippen molar-refractivity contribution < 1.29 is 28.2 Å². The van der Waals surface area contributed by atoms with Crippen molar-refractivity contribution in [3.63, 3.8) is 0 Å². The first-order chi connectivity index (χ1) is 16.7. The largest absolute Gasteiger partial charge is 0.491 e. The molecule has 3 aromatic rings. The second kappa shape index (κ2) is 11.5. The second-order valence-electron chi connectivity index (χ2n) is 8.57. The highest BCUT2D eigenvalue weighted by molar-refractivity contribution is 5.95. The first-order valence-corrected chi connectivity index (χ1v) is 11.3. The van der Waals surface area contributed by atoms with Crippen molar-refractivity contribution in [2.24, 2.45) is 0 Å². The van der Waals surface area contributed by atoms with Gasteiger partial charge in [-0.1, -0.05) is 0 Å². The summed E-state index contributed by atoms with van der Waals surface area (Å²) >= 11 is 0. The van der Waals surface area contributed by atoms with Gasteiger partial charge in [0.05, 0.1) is 19.3 Å². The van der Waals surface area contributed by atoms with Gasteiger partial charge in [-0.25, -0.2) is 23.5 Å². The Labute approximate surface area is 202 Å². The van der Waals surface area contributed by atoms with Crippen molar-refractivity contribution >= 4 is 23.5 Å². The van der Waals surface area contributed by atoms with Crippen LogP contribution < -0.4 is 15.4 Å². The molecule has 0 aliphatic heterocycles. The van der Waals surface area contributed by atoms with E-state index in [-0.39, 0.29) is 31.1 Å². The summed E-state index contributed by atoms with van der Waals surface area (Å²) in [6.07, 6.45) is 3.02. The molecular formula is C24H30FN5O5. The monoisotopic (exact) mass is 487 g/mol. The summed E-state index contributed by atoms with van der Waals surface area (Å²) in [5, 5.41) is 9.89. The van der Waals surface area contributed by atoms with Gasteiger partial charge in [-0.2, -0.15) is 5.10 Å². The molecule has 0 saturated carbocycles. The van der Waals surface area contributed by atoms with Crippen LogP contribution in [0.1, 0.15) is 43.6 Å². The van der Waals surface area contributed by atoms with Gasteiger partial charge in [0.1, 0.15) is 35.2 Å². The Morgan fingerprint density at radius 3 is 2.71 bits per heavy atom. The molecule has 0 aliphatic carbocycles. The fraction of sp³-hybridized carbons (Fsp3) is 0.417. The quantitative estimate of drug-likeness (QED) is 0.329. The van der Waals surface area contributed by atoms with Gasteiger partial charge in [0, 0.05) is 12.7 Å². The van der Waals surface area contributed by atoms with Crippen LogP contribution in [0.25, 0.3) is 5.65 Å². The summed E-state index contributed by atoms with van der Waals surface area (Å²) < 4.78 is 31.3. The summed E-state index contributed by atoms with van der Waals surface area (Å²) in [5.74, 6) is 0.180. The number of fused-ring (bicyclic) bond motifs is 1. The molecule has 0 radical (unpaired) electrons. The molecule has 0 bridgehead atoms. The minimum absolute atomic E-state index is 0.196. The predicted molar refractivity (Wildman–Crippen MR) is 127 cm³/mol. The first kappa shape index (κ1) is 25.7. The molecular weight excluding hydrogens is 457 g/mol. The second-order valence-corrected chi connectivity index (χ2v) is 8.57. The summed E-state index contributed by atoms with van der Waals surface area (Å²) in [6, 6.07) is 6.00. The molecule has 1 amide bonds. The van der Waals surface area contributed by atoms with E-state index in [0.717, 1.165) is 0 Å². The first-order valence-electron chi connectivity index (χ1n) is 11.3. The molecule has 1 aromatic carbocycles. The Bertz CT molecular complexity index is 1170. The van der Waals surface area contributed by atoms with Crippen LogP contribution in [0.2, 0.25) is 0 Å². The predicted octanol–water partition coefficient (Wildman–Crippen LogP) is 3.60. The Morgan fingerprint density at radius 1 is 1.17 bits per heavy atom. The zero-order valence-corrected chi connectivity index (χ0v) is 20.3. The lowest BCUT2D eigenvalue weighted by Gasteiger charge is -2.19. The number of esters is 1. The third-order valence-electron chi connectivity index (χ3n) is 4.62. The van der Waals surface area contributed by atoms with Crippen LogP contribution in [0.3, 0.4) is 0 Å². The minimum atomic E-state index is -0.583. The van der Waals surface area contributed by atoms with Crippen molar-refractivity contribution in [3.05, 3.63) is 53.6 Å². The Hall–Kier alpha value is -3.89. The van der Waals surface area contributed by atoms with Gasteiger partial charge in [0.15, 0.2) is 5.65 Å². The van der Waals surface area contributed by atoms with Gasteiger partial charge in [-0.05, 0) is 63.9 Å². The van der Waals surface area contributed by atoms with Crippen LogP contribution >= 0.6 is 0 Å². The van der Waals surface area contributed by atoms with Gasteiger partial charge in [-0.3, -0.25) is 0 Å². The van der Waals surface area contributed by atoms with Crippen molar-refractivity contribution in [2.75, 3.05) is 31.6 Å². The molecule has 2 N–H and O–H groups in total. The normalized spacial score (nSPS) is 11.2. The number of rotatable bonds is 10. The van der Waals surface area contributed by atoms with Gasteiger partial charge in [-0.15, -0.1) is 0 Å². The smallest absolute Gasteiger partial charge is 0.407 e. The number of carbonyl (C=O) groups is 2. The highest BCUT2D eigenvalue weighted by atomic mass is 19.1. The number of amides is 1. The van der Waals surface area contributed by atoms with Gasteiger partial charge in [0.2, 0.25) is 0 Å². The average Bonchev–Trinajstić information content (AvgIpc) is 3.20. The van der Waals surface area contributed by atoms with E-state index in [1.54, 1.807) is 46.0 Å². The standard InChI is InChI=1S/C24H30FN5O5/c1-5-33-22(31)18-15-28-30-12-9-20(29-21(18)30)26-10-8-16-14-17(25)6-7-19(16)34-13-11-27-23(32)35-24(2,3)4/h6-7,9,12,14-15H,5,8,10-11,13H2,1-4H3,(H,26,29)(H,27,32). The van der Waals surface area contributed by atoms with E-state index in [1.807, 2.05) is 0 Å². The van der Waals surface area contributed by atoms with Crippen molar-refractivity contribution in [2.45, 2.75) is 39.7 Å². The number of hydrogen-bond acceptors (Lipinski definition) is 8. The summed E-state index contributed by atoms with van der Waals surface area (Å²) in [7, 11) is 0. The molecule has 0 spiro atoms. The third-order valence-corrected chi connectivity index (χ3v) is 4.62. The van der Waals surface area contributed by atoms with Crippen molar-refractivity contribution in [1.82, 2.24) is 19.9 Å². The van der Waals surface area contributed by atoms with Crippen LogP contribution in [0.4, 0.5) is 15.0 Å². The van der Waals surface area contributed by atoms with Gasteiger partial charge >= 0.3 is 12.1 Å². The zero-order chi connectivity index (χ0) is 25.4. The number of aromatic nitrogens is 3. The van der Waals surface area contributed by atoms with E-state index < -0.39 is 17.7 Å².